The van der Waals surface area contributed by atoms with Crippen LogP contribution in [-0.2, 0) is 6.61 Å². The minimum Gasteiger partial charge on any atom is -0.392 e. The van der Waals surface area contributed by atoms with E-state index in [1.165, 1.54) is 25.8 Å². The van der Waals surface area contributed by atoms with E-state index in [-0.39, 0.29) is 6.61 Å². The smallest absolute Gasteiger partial charge is 0.129 e. The van der Waals surface area contributed by atoms with Crippen molar-refractivity contribution < 1.29 is 5.11 Å². The van der Waals surface area contributed by atoms with Crippen molar-refractivity contribution in [3.8, 4) is 0 Å². The van der Waals surface area contributed by atoms with Gasteiger partial charge in [-0.05, 0) is 44.0 Å². The zero-order valence-corrected chi connectivity index (χ0v) is 11.6. The number of hydrogen-bond donors (Lipinski definition) is 1. The van der Waals surface area contributed by atoms with Gasteiger partial charge in [0.1, 0.15) is 5.82 Å². The lowest BCUT2D eigenvalue weighted by Crippen LogP contribution is -2.59. The summed E-state index contributed by atoms with van der Waals surface area (Å²) in [4.78, 5) is 9.54. The first-order valence-corrected chi connectivity index (χ1v) is 7.34. The Hall–Kier alpha value is -1.13. The average Bonchev–Trinajstić information content (AvgIpc) is 2.46. The van der Waals surface area contributed by atoms with E-state index in [0.717, 1.165) is 24.5 Å². The molecule has 1 N–H and O–H groups in total. The van der Waals surface area contributed by atoms with Gasteiger partial charge >= 0.3 is 0 Å². The molecule has 2 aliphatic heterocycles. The Morgan fingerprint density at radius 3 is 3.11 bits per heavy atom. The van der Waals surface area contributed by atoms with E-state index >= 15 is 0 Å². The van der Waals surface area contributed by atoms with Crippen LogP contribution in [0.3, 0.4) is 0 Å². The number of piperazine rings is 1. The van der Waals surface area contributed by atoms with Crippen molar-refractivity contribution in [1.82, 2.24) is 9.88 Å². The lowest BCUT2D eigenvalue weighted by molar-refractivity contribution is 0.115. The van der Waals surface area contributed by atoms with Crippen LogP contribution in [0.2, 0.25) is 0 Å². The number of pyridine rings is 1. The third-order valence-corrected chi connectivity index (χ3v) is 4.47. The van der Waals surface area contributed by atoms with Crippen LogP contribution in [0.5, 0.6) is 0 Å². The minimum absolute atomic E-state index is 0.0906. The third-order valence-electron chi connectivity index (χ3n) is 4.47. The van der Waals surface area contributed by atoms with Gasteiger partial charge in [0.25, 0.3) is 0 Å². The van der Waals surface area contributed by atoms with Crippen molar-refractivity contribution in [3.05, 3.63) is 23.9 Å². The Balaban J connectivity index is 1.79. The molecule has 2 aliphatic rings. The maximum absolute atomic E-state index is 9.26. The molecule has 2 atom stereocenters. The van der Waals surface area contributed by atoms with Crippen LogP contribution in [0.1, 0.15) is 31.7 Å². The molecule has 0 bridgehead atoms. The fourth-order valence-corrected chi connectivity index (χ4v) is 3.39. The zero-order chi connectivity index (χ0) is 13.2. The molecule has 0 aromatic carbocycles. The van der Waals surface area contributed by atoms with Gasteiger partial charge in [-0.15, -0.1) is 0 Å². The maximum Gasteiger partial charge on any atom is 0.129 e. The second-order valence-electron chi connectivity index (χ2n) is 5.83. The summed E-state index contributed by atoms with van der Waals surface area (Å²) in [7, 11) is 0. The first-order chi connectivity index (χ1) is 9.28. The lowest BCUT2D eigenvalue weighted by Gasteiger charge is -2.48. The summed E-state index contributed by atoms with van der Waals surface area (Å²) in [5.74, 6) is 1.02. The normalized spacial score (nSPS) is 28.2. The van der Waals surface area contributed by atoms with E-state index < -0.39 is 0 Å². The average molecular weight is 261 g/mol. The van der Waals surface area contributed by atoms with E-state index in [1.54, 1.807) is 6.20 Å². The SMILES string of the molecule is CC1CN2CCCCC2CN1c1cc(CO)ccn1. The van der Waals surface area contributed by atoms with Crippen LogP contribution in [-0.4, -0.2) is 46.7 Å². The molecular formula is C15H23N3O. The van der Waals surface area contributed by atoms with Crippen LogP contribution in [0, 0.1) is 0 Å². The van der Waals surface area contributed by atoms with Crippen LogP contribution >= 0.6 is 0 Å². The first-order valence-electron chi connectivity index (χ1n) is 7.34. The largest absolute Gasteiger partial charge is 0.392 e. The fraction of sp³-hybridized carbons (Fsp3) is 0.667. The standard InChI is InChI=1S/C15H23N3O/c1-12-9-17-7-3-2-4-14(17)10-18(12)15-8-13(11-19)5-6-16-15/h5-6,8,12,14,19H,2-4,7,9-11H2,1H3. The summed E-state index contributed by atoms with van der Waals surface area (Å²) in [6, 6.07) is 5.08. The number of hydrogen-bond acceptors (Lipinski definition) is 4. The highest BCUT2D eigenvalue weighted by atomic mass is 16.3. The number of aliphatic hydroxyl groups excluding tert-OH is 1. The van der Waals surface area contributed by atoms with Crippen molar-refractivity contribution in [2.45, 2.75) is 44.9 Å². The number of piperidine rings is 1. The summed E-state index contributed by atoms with van der Waals surface area (Å²) in [5, 5.41) is 9.26. The van der Waals surface area contributed by atoms with Gasteiger partial charge in [-0.25, -0.2) is 4.98 Å². The highest BCUT2D eigenvalue weighted by Gasteiger charge is 2.33. The Labute approximate surface area is 115 Å². The molecule has 0 amide bonds. The summed E-state index contributed by atoms with van der Waals surface area (Å²) < 4.78 is 0. The highest BCUT2D eigenvalue weighted by molar-refractivity contribution is 5.43. The minimum atomic E-state index is 0.0906. The Bertz CT molecular complexity index is 437. The molecule has 0 aliphatic carbocycles. The molecule has 4 heteroatoms. The molecule has 104 valence electrons. The molecule has 3 rings (SSSR count). The molecule has 3 heterocycles. The number of anilines is 1. The highest BCUT2D eigenvalue weighted by Crippen LogP contribution is 2.27. The second-order valence-corrected chi connectivity index (χ2v) is 5.83. The topological polar surface area (TPSA) is 39.6 Å². The third kappa shape index (κ3) is 2.60. The molecule has 1 aromatic heterocycles. The number of nitrogens with zero attached hydrogens (tertiary/aromatic N) is 3. The summed E-state index contributed by atoms with van der Waals surface area (Å²) in [6.45, 7) is 5.83. The number of fused-ring (bicyclic) bond motifs is 1. The number of aromatic nitrogens is 1. The van der Waals surface area contributed by atoms with Gasteiger partial charge in [-0.3, -0.25) is 4.90 Å². The van der Waals surface area contributed by atoms with E-state index in [0.29, 0.717) is 12.1 Å². The van der Waals surface area contributed by atoms with Crippen LogP contribution in [0.25, 0.3) is 0 Å². The van der Waals surface area contributed by atoms with Crippen molar-refractivity contribution in [2.24, 2.45) is 0 Å². The van der Waals surface area contributed by atoms with Gasteiger partial charge in [0.2, 0.25) is 0 Å². The molecule has 0 spiro atoms. The molecule has 2 unspecified atom stereocenters. The zero-order valence-electron chi connectivity index (χ0n) is 11.6. The Morgan fingerprint density at radius 2 is 2.26 bits per heavy atom. The number of rotatable bonds is 2. The summed E-state index contributed by atoms with van der Waals surface area (Å²) in [6.07, 6.45) is 5.82. The van der Waals surface area contributed by atoms with Crippen molar-refractivity contribution >= 4 is 5.82 Å². The molecule has 2 saturated heterocycles. The molecule has 2 fully saturated rings. The predicted octanol–water partition coefficient (Wildman–Crippen LogP) is 1.64. The quantitative estimate of drug-likeness (QED) is 0.878. The molecule has 0 radical (unpaired) electrons. The second kappa shape index (κ2) is 5.47. The van der Waals surface area contributed by atoms with Crippen molar-refractivity contribution in [2.75, 3.05) is 24.5 Å². The molecule has 19 heavy (non-hydrogen) atoms. The molecular weight excluding hydrogens is 238 g/mol. The summed E-state index contributed by atoms with van der Waals surface area (Å²) in [5.41, 5.74) is 0.947. The molecule has 4 nitrogen and oxygen atoms in total. The van der Waals surface area contributed by atoms with Gasteiger partial charge in [-0.2, -0.15) is 0 Å². The summed E-state index contributed by atoms with van der Waals surface area (Å²) >= 11 is 0. The maximum atomic E-state index is 9.26. The van der Waals surface area contributed by atoms with Crippen LogP contribution < -0.4 is 4.90 Å². The first kappa shape index (κ1) is 12.9. The van der Waals surface area contributed by atoms with Gasteiger partial charge in [0.05, 0.1) is 6.61 Å². The van der Waals surface area contributed by atoms with E-state index in [1.807, 2.05) is 12.1 Å². The van der Waals surface area contributed by atoms with Gasteiger partial charge in [-0.1, -0.05) is 6.42 Å². The van der Waals surface area contributed by atoms with E-state index in [4.69, 9.17) is 0 Å². The van der Waals surface area contributed by atoms with Crippen LogP contribution in [0.15, 0.2) is 18.3 Å². The monoisotopic (exact) mass is 261 g/mol. The molecule has 0 saturated carbocycles. The van der Waals surface area contributed by atoms with Gasteiger partial charge in [0, 0.05) is 31.4 Å². The Morgan fingerprint density at radius 1 is 1.37 bits per heavy atom. The lowest BCUT2D eigenvalue weighted by atomic mass is 9.97. The predicted molar refractivity (Wildman–Crippen MR) is 76.2 cm³/mol. The van der Waals surface area contributed by atoms with E-state index in [2.05, 4.69) is 21.7 Å². The number of aliphatic hydroxyl groups is 1. The molecule has 1 aromatic rings. The van der Waals surface area contributed by atoms with Gasteiger partial charge in [0.15, 0.2) is 0 Å². The van der Waals surface area contributed by atoms with Crippen molar-refractivity contribution in [3.63, 3.8) is 0 Å². The Kier molecular flexibility index (Phi) is 3.71. The van der Waals surface area contributed by atoms with Gasteiger partial charge < -0.3 is 10.0 Å². The fourth-order valence-electron chi connectivity index (χ4n) is 3.39. The van der Waals surface area contributed by atoms with Crippen molar-refractivity contribution in [1.29, 1.82) is 0 Å². The van der Waals surface area contributed by atoms with Crippen LogP contribution in [0.4, 0.5) is 5.82 Å². The van der Waals surface area contributed by atoms with E-state index in [9.17, 15) is 5.11 Å².